The van der Waals surface area contributed by atoms with E-state index < -0.39 is 0 Å². The molecule has 0 atom stereocenters. The van der Waals surface area contributed by atoms with Gasteiger partial charge in [-0.05, 0) is 19.1 Å². The SMILES string of the molecule is Cc1cc(NC(=O)Nc2cc(Br)ccn2)nn1C. The van der Waals surface area contributed by atoms with Crippen molar-refractivity contribution in [1.29, 1.82) is 0 Å². The second kappa shape index (κ2) is 5.18. The topological polar surface area (TPSA) is 71.8 Å². The number of anilines is 2. The molecule has 18 heavy (non-hydrogen) atoms. The van der Waals surface area contributed by atoms with Gasteiger partial charge in [-0.2, -0.15) is 5.10 Å². The Balaban J connectivity index is 2.01. The highest BCUT2D eigenvalue weighted by Gasteiger charge is 2.07. The van der Waals surface area contributed by atoms with Crippen molar-refractivity contribution in [3.05, 3.63) is 34.6 Å². The Hall–Kier alpha value is -1.89. The molecule has 0 bridgehead atoms. The Bertz CT molecular complexity index is 561. The number of aromatic nitrogens is 3. The summed E-state index contributed by atoms with van der Waals surface area (Å²) in [6, 6.07) is 4.90. The molecule has 0 aliphatic carbocycles. The van der Waals surface area contributed by atoms with Crippen molar-refractivity contribution in [2.75, 3.05) is 10.6 Å². The molecule has 7 heteroatoms. The summed E-state index contributed by atoms with van der Waals surface area (Å²) in [5.74, 6) is 0.969. The van der Waals surface area contributed by atoms with Crippen LogP contribution in [0.25, 0.3) is 0 Å². The molecule has 0 spiro atoms. The highest BCUT2D eigenvalue weighted by Crippen LogP contribution is 2.13. The monoisotopic (exact) mass is 309 g/mol. The van der Waals surface area contributed by atoms with Crippen molar-refractivity contribution >= 4 is 33.6 Å². The number of pyridine rings is 1. The van der Waals surface area contributed by atoms with Gasteiger partial charge in [-0.1, -0.05) is 15.9 Å². The maximum absolute atomic E-state index is 11.7. The smallest absolute Gasteiger partial charge is 0.292 e. The molecule has 2 rings (SSSR count). The van der Waals surface area contributed by atoms with E-state index >= 15 is 0 Å². The predicted molar refractivity (Wildman–Crippen MR) is 72.5 cm³/mol. The van der Waals surface area contributed by atoms with E-state index in [1.165, 1.54) is 0 Å². The fourth-order valence-corrected chi connectivity index (χ4v) is 1.69. The van der Waals surface area contributed by atoms with E-state index in [1.54, 1.807) is 29.1 Å². The zero-order valence-corrected chi connectivity index (χ0v) is 11.5. The van der Waals surface area contributed by atoms with Crippen LogP contribution in [-0.4, -0.2) is 20.8 Å². The van der Waals surface area contributed by atoms with Gasteiger partial charge in [-0.3, -0.25) is 15.3 Å². The lowest BCUT2D eigenvalue weighted by atomic mass is 10.4. The van der Waals surface area contributed by atoms with Crippen LogP contribution >= 0.6 is 15.9 Å². The molecule has 0 fully saturated rings. The first-order valence-electron chi connectivity index (χ1n) is 5.25. The Morgan fingerprint density at radius 2 is 2.06 bits per heavy atom. The molecule has 6 nitrogen and oxygen atoms in total. The Morgan fingerprint density at radius 3 is 2.67 bits per heavy atom. The zero-order valence-electron chi connectivity index (χ0n) is 9.94. The molecule has 0 aliphatic heterocycles. The summed E-state index contributed by atoms with van der Waals surface area (Å²) in [7, 11) is 1.81. The lowest BCUT2D eigenvalue weighted by molar-refractivity contribution is 0.262. The maximum atomic E-state index is 11.7. The van der Waals surface area contributed by atoms with Gasteiger partial charge in [0.15, 0.2) is 5.82 Å². The van der Waals surface area contributed by atoms with Gasteiger partial charge in [0.2, 0.25) is 0 Å². The Morgan fingerprint density at radius 1 is 1.33 bits per heavy atom. The molecule has 2 N–H and O–H groups in total. The summed E-state index contributed by atoms with van der Waals surface area (Å²) in [6.45, 7) is 1.91. The quantitative estimate of drug-likeness (QED) is 0.895. The third kappa shape index (κ3) is 3.07. The first-order chi connectivity index (χ1) is 8.54. The van der Waals surface area contributed by atoms with Crippen LogP contribution in [0, 0.1) is 6.92 Å². The average molecular weight is 310 g/mol. The van der Waals surface area contributed by atoms with Gasteiger partial charge in [0.25, 0.3) is 0 Å². The number of halogens is 1. The number of amides is 2. The molecule has 0 radical (unpaired) electrons. The van der Waals surface area contributed by atoms with E-state index in [0.29, 0.717) is 11.6 Å². The van der Waals surface area contributed by atoms with E-state index in [1.807, 2.05) is 14.0 Å². The number of hydrogen-bond acceptors (Lipinski definition) is 3. The highest BCUT2D eigenvalue weighted by molar-refractivity contribution is 9.10. The third-order valence-electron chi connectivity index (χ3n) is 2.32. The molecule has 0 unspecified atom stereocenters. The number of carbonyl (C=O) groups excluding carboxylic acids is 1. The molecule has 0 aliphatic rings. The van der Waals surface area contributed by atoms with Crippen LogP contribution in [0.4, 0.5) is 16.4 Å². The number of aryl methyl sites for hydroxylation is 2. The van der Waals surface area contributed by atoms with Crippen molar-refractivity contribution in [1.82, 2.24) is 14.8 Å². The number of rotatable bonds is 2. The Labute approximate surface area is 113 Å². The van der Waals surface area contributed by atoms with Crippen LogP contribution in [0.2, 0.25) is 0 Å². The van der Waals surface area contributed by atoms with Gasteiger partial charge in [-0.15, -0.1) is 0 Å². The maximum Gasteiger partial charge on any atom is 0.326 e. The molecular weight excluding hydrogens is 298 g/mol. The summed E-state index contributed by atoms with van der Waals surface area (Å²) in [5.41, 5.74) is 0.964. The standard InChI is InChI=1S/C11H12BrN5O/c1-7-5-10(16-17(7)2)15-11(18)14-9-6-8(12)3-4-13-9/h3-6H,1-2H3,(H2,13,14,15,16,18). The molecule has 2 heterocycles. The summed E-state index contributed by atoms with van der Waals surface area (Å²) >= 11 is 3.30. The summed E-state index contributed by atoms with van der Waals surface area (Å²) in [6.07, 6.45) is 1.60. The Kier molecular flexibility index (Phi) is 3.61. The fraction of sp³-hybridized carbons (Fsp3) is 0.182. The van der Waals surface area contributed by atoms with Crippen LogP contribution in [0.3, 0.4) is 0 Å². The van der Waals surface area contributed by atoms with Crippen LogP contribution < -0.4 is 10.6 Å². The zero-order chi connectivity index (χ0) is 13.1. The first-order valence-corrected chi connectivity index (χ1v) is 6.04. The number of nitrogens with one attached hydrogen (secondary N) is 2. The van der Waals surface area contributed by atoms with Gasteiger partial charge in [0, 0.05) is 29.5 Å². The second-order valence-corrected chi connectivity index (χ2v) is 4.65. The summed E-state index contributed by atoms with van der Waals surface area (Å²) in [5, 5.41) is 9.38. The number of nitrogens with zero attached hydrogens (tertiary/aromatic N) is 3. The predicted octanol–water partition coefficient (Wildman–Crippen LogP) is 2.53. The van der Waals surface area contributed by atoms with Crippen LogP contribution in [0.1, 0.15) is 5.69 Å². The number of urea groups is 1. The molecule has 2 aromatic heterocycles. The third-order valence-corrected chi connectivity index (χ3v) is 2.81. The van der Waals surface area contributed by atoms with Crippen LogP contribution in [-0.2, 0) is 7.05 Å². The molecular formula is C11H12BrN5O. The van der Waals surface area contributed by atoms with Crippen molar-refractivity contribution in [3.8, 4) is 0 Å². The minimum Gasteiger partial charge on any atom is -0.292 e. The van der Waals surface area contributed by atoms with Gasteiger partial charge in [0.05, 0.1) is 0 Å². The lowest BCUT2D eigenvalue weighted by Gasteiger charge is -2.04. The van der Waals surface area contributed by atoms with E-state index in [0.717, 1.165) is 10.2 Å². The van der Waals surface area contributed by atoms with Crippen molar-refractivity contribution < 1.29 is 4.79 Å². The van der Waals surface area contributed by atoms with E-state index in [4.69, 9.17) is 0 Å². The van der Waals surface area contributed by atoms with Gasteiger partial charge < -0.3 is 0 Å². The van der Waals surface area contributed by atoms with Crippen LogP contribution in [0.15, 0.2) is 28.9 Å². The van der Waals surface area contributed by atoms with E-state index in [9.17, 15) is 4.79 Å². The minimum absolute atomic E-state index is 0.376. The second-order valence-electron chi connectivity index (χ2n) is 3.73. The average Bonchev–Trinajstić information content (AvgIpc) is 2.57. The highest BCUT2D eigenvalue weighted by atomic mass is 79.9. The lowest BCUT2D eigenvalue weighted by Crippen LogP contribution is -2.20. The summed E-state index contributed by atoms with van der Waals surface area (Å²) < 4.78 is 2.54. The molecule has 0 saturated carbocycles. The molecule has 2 amide bonds. The van der Waals surface area contributed by atoms with Gasteiger partial charge in [-0.25, -0.2) is 9.78 Å². The number of hydrogen-bond donors (Lipinski definition) is 2. The normalized spacial score (nSPS) is 10.2. The van der Waals surface area contributed by atoms with Gasteiger partial charge in [0.1, 0.15) is 5.82 Å². The number of carbonyl (C=O) groups is 1. The van der Waals surface area contributed by atoms with Crippen LogP contribution in [0.5, 0.6) is 0 Å². The van der Waals surface area contributed by atoms with E-state index in [2.05, 4.69) is 36.6 Å². The molecule has 0 saturated heterocycles. The first kappa shape index (κ1) is 12.6. The van der Waals surface area contributed by atoms with Gasteiger partial charge >= 0.3 is 6.03 Å². The molecule has 0 aromatic carbocycles. The molecule has 2 aromatic rings. The largest absolute Gasteiger partial charge is 0.326 e. The summed E-state index contributed by atoms with van der Waals surface area (Å²) in [4.78, 5) is 15.7. The van der Waals surface area contributed by atoms with Crippen molar-refractivity contribution in [2.24, 2.45) is 7.05 Å². The fourth-order valence-electron chi connectivity index (χ4n) is 1.36. The minimum atomic E-state index is -0.376. The van der Waals surface area contributed by atoms with Crippen molar-refractivity contribution in [3.63, 3.8) is 0 Å². The van der Waals surface area contributed by atoms with Crippen molar-refractivity contribution in [2.45, 2.75) is 6.92 Å². The molecule has 94 valence electrons. The van der Waals surface area contributed by atoms with E-state index in [-0.39, 0.29) is 6.03 Å².